The van der Waals surface area contributed by atoms with Gasteiger partial charge in [-0.25, -0.2) is 14.3 Å². The highest BCUT2D eigenvalue weighted by molar-refractivity contribution is 6.30. The fourth-order valence-corrected chi connectivity index (χ4v) is 5.73. The Labute approximate surface area is 252 Å². The average Bonchev–Trinajstić information content (AvgIpc) is 3.63. The number of aliphatic hydroxyl groups excluding tert-OH is 4. The van der Waals surface area contributed by atoms with Crippen molar-refractivity contribution in [3.05, 3.63) is 88.6 Å². The van der Waals surface area contributed by atoms with Gasteiger partial charge in [-0.05, 0) is 53.6 Å². The Morgan fingerprint density at radius 2 is 1.80 bits per heavy atom. The number of nitrogens with zero attached hydrogens (tertiary/aromatic N) is 6. The third-order valence-electron chi connectivity index (χ3n) is 7.61. The van der Waals surface area contributed by atoms with Gasteiger partial charge in [0.25, 0.3) is 0 Å². The highest BCUT2D eigenvalue weighted by Gasteiger charge is 2.49. The molecule has 1 aliphatic heterocycles. The van der Waals surface area contributed by atoms with Crippen LogP contribution in [0.3, 0.4) is 0 Å². The van der Waals surface area contributed by atoms with Crippen LogP contribution in [-0.2, 0) is 17.5 Å². The minimum absolute atomic E-state index is 0.00642. The molecule has 0 unspecified atom stereocenters. The molecule has 11 nitrogen and oxygen atoms in total. The van der Waals surface area contributed by atoms with Crippen LogP contribution < -0.4 is 0 Å². The molecule has 5 aromatic rings. The number of rotatable bonds is 6. The van der Waals surface area contributed by atoms with E-state index in [1.54, 1.807) is 6.07 Å². The van der Waals surface area contributed by atoms with Crippen molar-refractivity contribution in [2.24, 2.45) is 0 Å². The number of benzene rings is 3. The van der Waals surface area contributed by atoms with E-state index in [0.717, 1.165) is 33.7 Å². The number of halogens is 4. The van der Waals surface area contributed by atoms with E-state index in [2.05, 4.69) is 20.4 Å². The van der Waals surface area contributed by atoms with Crippen molar-refractivity contribution in [1.29, 1.82) is 0 Å². The van der Waals surface area contributed by atoms with Crippen LogP contribution in [0, 0.1) is 6.92 Å². The first-order chi connectivity index (χ1) is 21.0. The molecule has 2 aromatic heterocycles. The Morgan fingerprint density at radius 1 is 1.02 bits per heavy atom. The second-order valence-electron chi connectivity index (χ2n) is 10.4. The molecule has 1 saturated heterocycles. The SMILES string of the molecule is Cc1nc([C@@H]2O[C@H](CO)[C@H](O)[C@H](n3cc(-c4cc(CO)c5ccccc5c4)nn3)[C@H]2O)n(-c2cc(Cl)ccc2C(F)(F)F)n1. The van der Waals surface area contributed by atoms with Crippen molar-refractivity contribution in [2.75, 3.05) is 6.61 Å². The van der Waals surface area contributed by atoms with Crippen LogP contribution in [0.15, 0.2) is 60.8 Å². The van der Waals surface area contributed by atoms with E-state index in [1.807, 2.05) is 30.3 Å². The smallest absolute Gasteiger partial charge is 0.394 e. The number of ether oxygens (including phenoxy) is 1. The summed E-state index contributed by atoms with van der Waals surface area (Å²) in [7, 11) is 0. The molecule has 0 bridgehead atoms. The number of aromatic nitrogens is 6. The van der Waals surface area contributed by atoms with Crippen molar-refractivity contribution < 1.29 is 38.3 Å². The Bertz CT molecular complexity index is 1830. The van der Waals surface area contributed by atoms with Gasteiger partial charge in [-0.15, -0.1) is 5.10 Å². The molecule has 0 aliphatic carbocycles. The van der Waals surface area contributed by atoms with Crippen LogP contribution in [0.4, 0.5) is 13.2 Å². The Hall–Kier alpha value is -3.92. The molecule has 4 N–H and O–H groups in total. The third-order valence-corrected chi connectivity index (χ3v) is 7.84. The molecular formula is C29H26ClF3N6O5. The summed E-state index contributed by atoms with van der Waals surface area (Å²) < 4.78 is 49.8. The first-order valence-corrected chi connectivity index (χ1v) is 13.9. The molecule has 1 aliphatic rings. The van der Waals surface area contributed by atoms with E-state index >= 15 is 0 Å². The number of hydrogen-bond acceptors (Lipinski definition) is 9. The molecule has 1 fully saturated rings. The maximum atomic E-state index is 14.0. The monoisotopic (exact) mass is 630 g/mol. The number of aliphatic hydroxyl groups is 4. The molecule has 0 radical (unpaired) electrons. The summed E-state index contributed by atoms with van der Waals surface area (Å²) in [6, 6.07) is 12.8. The number of hydrogen-bond donors (Lipinski definition) is 4. The lowest BCUT2D eigenvalue weighted by molar-refractivity contribution is -0.210. The zero-order valence-electron chi connectivity index (χ0n) is 23.0. The fourth-order valence-electron chi connectivity index (χ4n) is 5.56. The summed E-state index contributed by atoms with van der Waals surface area (Å²) in [5.74, 6) is -0.133. The van der Waals surface area contributed by atoms with Crippen molar-refractivity contribution in [1.82, 2.24) is 29.8 Å². The van der Waals surface area contributed by atoms with E-state index in [9.17, 15) is 33.6 Å². The van der Waals surface area contributed by atoms with Crippen LogP contribution in [0.25, 0.3) is 27.7 Å². The van der Waals surface area contributed by atoms with Gasteiger partial charge in [-0.1, -0.05) is 41.1 Å². The fraction of sp³-hybridized carbons (Fsp3) is 0.310. The molecule has 6 rings (SSSR count). The molecule has 44 heavy (non-hydrogen) atoms. The number of fused-ring (bicyclic) bond motifs is 1. The molecule has 0 amide bonds. The Kier molecular flexibility index (Phi) is 7.90. The van der Waals surface area contributed by atoms with Gasteiger partial charge in [0.2, 0.25) is 0 Å². The molecule has 0 saturated carbocycles. The van der Waals surface area contributed by atoms with E-state index in [0.29, 0.717) is 16.8 Å². The van der Waals surface area contributed by atoms with Gasteiger partial charge >= 0.3 is 6.18 Å². The number of aryl methyl sites for hydroxylation is 1. The highest BCUT2D eigenvalue weighted by Crippen LogP contribution is 2.41. The van der Waals surface area contributed by atoms with Crippen molar-refractivity contribution in [3.8, 4) is 16.9 Å². The summed E-state index contributed by atoms with van der Waals surface area (Å²) in [5, 5.41) is 56.9. The number of alkyl halides is 3. The van der Waals surface area contributed by atoms with Crippen molar-refractivity contribution in [3.63, 3.8) is 0 Å². The van der Waals surface area contributed by atoms with E-state index in [4.69, 9.17) is 16.3 Å². The first-order valence-electron chi connectivity index (χ1n) is 13.5. The molecule has 0 spiro atoms. The summed E-state index contributed by atoms with van der Waals surface area (Å²) in [5.41, 5.74) is 0.140. The van der Waals surface area contributed by atoms with Gasteiger partial charge in [0.05, 0.1) is 30.7 Å². The molecule has 3 aromatic carbocycles. The van der Waals surface area contributed by atoms with Gasteiger partial charge < -0.3 is 25.2 Å². The van der Waals surface area contributed by atoms with Crippen LogP contribution in [0.1, 0.15) is 34.9 Å². The maximum Gasteiger partial charge on any atom is 0.418 e. The van der Waals surface area contributed by atoms with Crippen molar-refractivity contribution in [2.45, 2.75) is 50.2 Å². The normalized spacial score (nSPS) is 22.5. The van der Waals surface area contributed by atoms with E-state index < -0.39 is 54.5 Å². The Morgan fingerprint density at radius 3 is 2.52 bits per heavy atom. The largest absolute Gasteiger partial charge is 0.418 e. The zero-order chi connectivity index (χ0) is 31.3. The first kappa shape index (κ1) is 30.1. The minimum Gasteiger partial charge on any atom is -0.394 e. The highest BCUT2D eigenvalue weighted by atomic mass is 35.5. The topological polar surface area (TPSA) is 152 Å². The summed E-state index contributed by atoms with van der Waals surface area (Å²) in [6.45, 7) is 0.546. The zero-order valence-corrected chi connectivity index (χ0v) is 23.7. The lowest BCUT2D eigenvalue weighted by Gasteiger charge is -2.41. The molecule has 15 heteroatoms. The Balaban J connectivity index is 1.41. The minimum atomic E-state index is -4.77. The van der Waals surface area contributed by atoms with Crippen LogP contribution in [0.2, 0.25) is 5.02 Å². The second kappa shape index (κ2) is 11.5. The molecule has 5 atom stereocenters. The van der Waals surface area contributed by atoms with Crippen molar-refractivity contribution >= 4 is 22.4 Å². The molecule has 3 heterocycles. The third kappa shape index (κ3) is 5.33. The average molecular weight is 631 g/mol. The van der Waals surface area contributed by atoms with Gasteiger partial charge in [0.1, 0.15) is 42.0 Å². The van der Waals surface area contributed by atoms with Crippen LogP contribution in [0.5, 0.6) is 0 Å². The summed E-state index contributed by atoms with van der Waals surface area (Å²) in [6.07, 6.45) is -9.17. The molecule has 230 valence electrons. The van der Waals surface area contributed by atoms with Crippen LogP contribution >= 0.6 is 11.6 Å². The summed E-state index contributed by atoms with van der Waals surface area (Å²) in [4.78, 5) is 4.26. The van der Waals surface area contributed by atoms with Gasteiger partial charge in [-0.3, -0.25) is 0 Å². The van der Waals surface area contributed by atoms with Crippen LogP contribution in [-0.4, -0.2) is 75.1 Å². The lowest BCUT2D eigenvalue weighted by atomic mass is 9.92. The summed E-state index contributed by atoms with van der Waals surface area (Å²) >= 11 is 6.05. The molecular weight excluding hydrogens is 605 g/mol. The second-order valence-corrected chi connectivity index (χ2v) is 10.9. The van der Waals surface area contributed by atoms with E-state index in [1.165, 1.54) is 17.8 Å². The quantitative estimate of drug-likeness (QED) is 0.221. The van der Waals surface area contributed by atoms with Gasteiger partial charge in [-0.2, -0.15) is 18.3 Å². The van der Waals surface area contributed by atoms with Gasteiger partial charge in [0.15, 0.2) is 5.82 Å². The maximum absolute atomic E-state index is 14.0. The predicted octanol–water partition coefficient (Wildman–Crippen LogP) is 3.55. The van der Waals surface area contributed by atoms with Gasteiger partial charge in [0, 0.05) is 10.6 Å². The lowest BCUT2D eigenvalue weighted by Crippen LogP contribution is -2.53. The standard InChI is InChI=1S/C29H26ClF3N6O5/c1-14-34-28(39(36-14)22-10-18(30)6-7-20(22)29(31,32)33)27-26(43)24(25(42)23(13-41)44-27)38-11-21(35-37-38)16-8-15-4-2-3-5-19(15)17(9-16)12-40/h2-11,23-27,40-43H,12-13H2,1H3/t23-,24+,25+,26-,27-/m1/s1. The van der Waals surface area contributed by atoms with E-state index in [-0.39, 0.29) is 23.3 Å². The predicted molar refractivity (Wildman–Crippen MR) is 151 cm³/mol.